The molecule has 100 valence electrons. The Hall–Kier alpha value is -2.16. The molecule has 0 saturated heterocycles. The van der Waals surface area contributed by atoms with Gasteiger partial charge < -0.3 is 5.32 Å². The highest BCUT2D eigenvalue weighted by Gasteiger charge is 2.10. The topological polar surface area (TPSA) is 52.9 Å². The van der Waals surface area contributed by atoms with Crippen LogP contribution in [0.5, 0.6) is 0 Å². The Balaban J connectivity index is 2.18. The molecule has 1 heterocycles. The zero-order valence-electron chi connectivity index (χ0n) is 10.1. The van der Waals surface area contributed by atoms with Gasteiger partial charge in [0.05, 0.1) is 5.02 Å². The maximum Gasteiger partial charge on any atom is 0.266 e. The van der Waals surface area contributed by atoms with Crippen molar-refractivity contribution in [3.8, 4) is 6.07 Å². The Morgan fingerprint density at radius 2 is 2.25 bits per heavy atom. The molecular weight excluding hydrogens is 299 g/mol. The minimum atomic E-state index is -0.570. The maximum absolute atomic E-state index is 13.0. The zero-order chi connectivity index (χ0) is 14.5. The number of hydrogen-bond donors (Lipinski definition) is 1. The summed E-state index contributed by atoms with van der Waals surface area (Å²) in [5, 5.41) is 15.1. The van der Waals surface area contributed by atoms with Crippen LogP contribution in [-0.2, 0) is 4.79 Å². The summed E-state index contributed by atoms with van der Waals surface area (Å²) in [6.45, 7) is 0. The van der Waals surface area contributed by atoms with Crippen LogP contribution in [-0.4, -0.2) is 5.91 Å². The van der Waals surface area contributed by atoms with Gasteiger partial charge in [-0.2, -0.15) is 16.6 Å². The predicted octanol–water partition coefficient (Wildman–Crippen LogP) is 4.09. The van der Waals surface area contributed by atoms with Crippen molar-refractivity contribution < 1.29 is 9.18 Å². The van der Waals surface area contributed by atoms with E-state index in [1.54, 1.807) is 6.07 Å². The first kappa shape index (κ1) is 14.3. The van der Waals surface area contributed by atoms with Crippen molar-refractivity contribution in [3.05, 3.63) is 57.0 Å². The van der Waals surface area contributed by atoms with Gasteiger partial charge in [-0.25, -0.2) is 4.39 Å². The quantitative estimate of drug-likeness (QED) is 0.686. The van der Waals surface area contributed by atoms with E-state index in [1.165, 1.54) is 29.5 Å². The fourth-order valence-corrected chi connectivity index (χ4v) is 2.24. The molecule has 1 N–H and O–H groups in total. The third kappa shape index (κ3) is 3.44. The number of nitrogens with one attached hydrogen (secondary N) is 1. The largest absolute Gasteiger partial charge is 0.321 e. The molecule has 0 saturated carbocycles. The summed E-state index contributed by atoms with van der Waals surface area (Å²) in [6, 6.07) is 7.43. The molecule has 0 fully saturated rings. The fraction of sp³-hybridized carbons (Fsp3) is 0. The number of rotatable bonds is 3. The highest BCUT2D eigenvalue weighted by Crippen LogP contribution is 2.20. The number of nitriles is 1. The van der Waals surface area contributed by atoms with Crippen molar-refractivity contribution in [1.29, 1.82) is 5.26 Å². The molecule has 0 unspecified atom stereocenters. The third-order valence-electron chi connectivity index (χ3n) is 2.40. The average molecular weight is 307 g/mol. The molecule has 1 amide bonds. The molecule has 0 spiro atoms. The minimum absolute atomic E-state index is 0.0381. The number of nitrogens with zero attached hydrogens (tertiary/aromatic N) is 1. The molecule has 3 nitrogen and oxygen atoms in total. The number of benzene rings is 1. The van der Waals surface area contributed by atoms with Crippen molar-refractivity contribution >= 4 is 40.6 Å². The van der Waals surface area contributed by atoms with Gasteiger partial charge in [0.25, 0.3) is 5.91 Å². The number of carbonyl (C=O) groups is 1. The maximum atomic E-state index is 13.0. The molecule has 0 aliphatic rings. The summed E-state index contributed by atoms with van der Waals surface area (Å²) in [5.74, 6) is -1.14. The van der Waals surface area contributed by atoms with Crippen molar-refractivity contribution in [2.24, 2.45) is 0 Å². The van der Waals surface area contributed by atoms with Crippen LogP contribution in [0.25, 0.3) is 6.08 Å². The molecule has 0 atom stereocenters. The van der Waals surface area contributed by atoms with E-state index in [4.69, 9.17) is 16.9 Å². The minimum Gasteiger partial charge on any atom is -0.321 e. The van der Waals surface area contributed by atoms with Crippen molar-refractivity contribution in [1.82, 2.24) is 0 Å². The SMILES string of the molecule is N#C/C(=C\c1ccsc1)C(=O)Nc1ccc(F)c(Cl)c1. The molecular formula is C14H8ClFN2OS. The lowest BCUT2D eigenvalue weighted by Crippen LogP contribution is -2.13. The van der Waals surface area contributed by atoms with Crippen LogP contribution in [0.1, 0.15) is 5.56 Å². The molecule has 0 bridgehead atoms. The Morgan fingerprint density at radius 3 is 2.85 bits per heavy atom. The summed E-state index contributed by atoms with van der Waals surface area (Å²) in [5.41, 5.74) is 1.07. The van der Waals surface area contributed by atoms with Crippen LogP contribution < -0.4 is 5.32 Å². The standard InChI is InChI=1S/C14H8ClFN2OS/c15-12-6-11(1-2-13(12)16)18-14(19)10(7-17)5-9-3-4-20-8-9/h1-6,8H,(H,18,19)/b10-5+. The Morgan fingerprint density at radius 1 is 1.45 bits per heavy atom. The predicted molar refractivity (Wildman–Crippen MR) is 77.9 cm³/mol. The van der Waals surface area contributed by atoms with Gasteiger partial charge in [-0.05, 0) is 46.7 Å². The molecule has 1 aromatic heterocycles. The first-order valence-electron chi connectivity index (χ1n) is 5.50. The van der Waals surface area contributed by atoms with Gasteiger partial charge >= 0.3 is 0 Å². The summed E-state index contributed by atoms with van der Waals surface area (Å²) in [4.78, 5) is 11.9. The number of thiophene rings is 1. The Labute approximate surface area is 123 Å². The molecule has 20 heavy (non-hydrogen) atoms. The summed E-state index contributed by atoms with van der Waals surface area (Å²) in [7, 11) is 0. The number of carbonyl (C=O) groups excluding carboxylic acids is 1. The third-order valence-corrected chi connectivity index (χ3v) is 3.39. The van der Waals surface area contributed by atoms with E-state index in [1.807, 2.05) is 16.8 Å². The van der Waals surface area contributed by atoms with Gasteiger partial charge in [-0.3, -0.25) is 4.79 Å². The van der Waals surface area contributed by atoms with Gasteiger partial charge in [0.1, 0.15) is 17.5 Å². The van der Waals surface area contributed by atoms with Crippen LogP contribution in [0, 0.1) is 17.1 Å². The van der Waals surface area contributed by atoms with E-state index in [0.717, 1.165) is 11.6 Å². The number of amides is 1. The first-order valence-corrected chi connectivity index (χ1v) is 6.82. The van der Waals surface area contributed by atoms with E-state index in [9.17, 15) is 9.18 Å². The second-order valence-corrected chi connectivity index (χ2v) is 5.00. The molecule has 0 aliphatic heterocycles. The number of halogens is 2. The summed E-state index contributed by atoms with van der Waals surface area (Å²) in [6.07, 6.45) is 1.48. The second-order valence-electron chi connectivity index (χ2n) is 3.81. The van der Waals surface area contributed by atoms with Crippen LogP contribution >= 0.6 is 22.9 Å². The molecule has 0 radical (unpaired) electrons. The van der Waals surface area contributed by atoms with Crippen LogP contribution in [0.3, 0.4) is 0 Å². The fourth-order valence-electron chi connectivity index (χ4n) is 1.44. The van der Waals surface area contributed by atoms with Gasteiger partial charge in [-0.15, -0.1) is 0 Å². The first-order chi connectivity index (χ1) is 9.60. The summed E-state index contributed by atoms with van der Waals surface area (Å²) < 4.78 is 13.0. The molecule has 0 aliphatic carbocycles. The average Bonchev–Trinajstić information content (AvgIpc) is 2.93. The lowest BCUT2D eigenvalue weighted by molar-refractivity contribution is -0.112. The van der Waals surface area contributed by atoms with Crippen LogP contribution in [0.2, 0.25) is 5.02 Å². The summed E-state index contributed by atoms with van der Waals surface area (Å²) >= 11 is 7.09. The van der Waals surface area contributed by atoms with Crippen LogP contribution in [0.4, 0.5) is 10.1 Å². The Bertz CT molecular complexity index is 704. The highest BCUT2D eigenvalue weighted by molar-refractivity contribution is 7.08. The van der Waals surface area contributed by atoms with E-state index in [2.05, 4.69) is 5.32 Å². The second kappa shape index (κ2) is 6.33. The van der Waals surface area contributed by atoms with E-state index in [0.29, 0.717) is 5.69 Å². The van der Waals surface area contributed by atoms with Crippen LogP contribution in [0.15, 0.2) is 40.6 Å². The molecule has 2 rings (SSSR count). The number of hydrogen-bond acceptors (Lipinski definition) is 3. The van der Waals surface area contributed by atoms with Crippen molar-refractivity contribution in [2.45, 2.75) is 0 Å². The van der Waals surface area contributed by atoms with Crippen molar-refractivity contribution in [2.75, 3.05) is 5.32 Å². The monoisotopic (exact) mass is 306 g/mol. The van der Waals surface area contributed by atoms with Gasteiger partial charge in [0.15, 0.2) is 0 Å². The van der Waals surface area contributed by atoms with E-state index >= 15 is 0 Å². The zero-order valence-corrected chi connectivity index (χ0v) is 11.6. The molecule has 1 aromatic carbocycles. The van der Waals surface area contributed by atoms with E-state index in [-0.39, 0.29) is 10.6 Å². The lowest BCUT2D eigenvalue weighted by Gasteiger charge is -2.04. The smallest absolute Gasteiger partial charge is 0.266 e. The lowest BCUT2D eigenvalue weighted by atomic mass is 10.2. The molecule has 2 aromatic rings. The number of anilines is 1. The van der Waals surface area contributed by atoms with Crippen molar-refractivity contribution in [3.63, 3.8) is 0 Å². The molecule has 6 heteroatoms. The van der Waals surface area contributed by atoms with Gasteiger partial charge in [-0.1, -0.05) is 11.6 Å². The highest BCUT2D eigenvalue weighted by atomic mass is 35.5. The normalized spacial score (nSPS) is 10.9. The Kier molecular flexibility index (Phi) is 4.51. The van der Waals surface area contributed by atoms with Gasteiger partial charge in [0.2, 0.25) is 0 Å². The van der Waals surface area contributed by atoms with E-state index < -0.39 is 11.7 Å². The van der Waals surface area contributed by atoms with Gasteiger partial charge in [0, 0.05) is 5.69 Å².